The molecule has 0 spiro atoms. The molecule has 0 saturated carbocycles. The highest BCUT2D eigenvalue weighted by Crippen LogP contribution is 2.36. The number of aromatic hydroxyl groups is 1. The maximum Gasteiger partial charge on any atom is 0.165 e. The van der Waals surface area contributed by atoms with Crippen LogP contribution in [0.4, 0.5) is 5.82 Å². The molecule has 0 fully saturated rings. The van der Waals surface area contributed by atoms with E-state index in [1.807, 2.05) is 48.5 Å². The average Bonchev–Trinajstić information content (AvgIpc) is 2.77. The van der Waals surface area contributed by atoms with Crippen molar-refractivity contribution in [3.8, 4) is 17.1 Å². The van der Waals surface area contributed by atoms with Crippen molar-refractivity contribution in [2.45, 2.75) is 25.9 Å². The molecule has 0 aliphatic carbocycles. The molecule has 31 heavy (non-hydrogen) atoms. The largest absolute Gasteiger partial charge is 0.507 e. The number of anilines is 1. The predicted octanol–water partition coefficient (Wildman–Crippen LogP) is 5.60. The van der Waals surface area contributed by atoms with Gasteiger partial charge in [0.15, 0.2) is 5.82 Å². The predicted molar refractivity (Wildman–Crippen MR) is 126 cm³/mol. The van der Waals surface area contributed by atoms with E-state index in [4.69, 9.17) is 16.6 Å². The molecule has 0 radical (unpaired) electrons. The Bertz CT molecular complexity index is 1200. The SMILES string of the molecule is CC(C)N(c1nc(-c2ccccc2O)nc2cc(Cl)ccc12)[C@@H](CO)c1ccccc1. The Morgan fingerprint density at radius 2 is 1.65 bits per heavy atom. The molecule has 0 unspecified atom stereocenters. The fraction of sp³-hybridized carbons (Fsp3) is 0.200. The Balaban J connectivity index is 1.98. The molecule has 1 atom stereocenters. The Kier molecular flexibility index (Phi) is 6.07. The summed E-state index contributed by atoms with van der Waals surface area (Å²) in [5, 5.41) is 22.2. The van der Waals surface area contributed by atoms with Gasteiger partial charge in [-0.25, -0.2) is 9.97 Å². The maximum atomic E-state index is 10.4. The Morgan fingerprint density at radius 3 is 2.32 bits per heavy atom. The standard InChI is InChI=1S/C25H24ClN3O2/c1-16(2)29(22(15-30)17-8-4-3-5-9-17)25-19-13-12-18(26)14-21(19)27-24(28-25)20-10-6-7-11-23(20)31/h3-14,16,22,30-31H,15H2,1-2H3/t22-/m0/s1. The van der Waals surface area contributed by atoms with E-state index in [0.29, 0.717) is 27.7 Å². The highest BCUT2D eigenvalue weighted by Gasteiger charge is 2.27. The topological polar surface area (TPSA) is 69.5 Å². The van der Waals surface area contributed by atoms with Gasteiger partial charge in [0.1, 0.15) is 11.6 Å². The molecule has 4 rings (SSSR count). The van der Waals surface area contributed by atoms with Crippen LogP contribution in [0.3, 0.4) is 0 Å². The number of nitrogens with zero attached hydrogens (tertiary/aromatic N) is 3. The second-order valence-electron chi connectivity index (χ2n) is 7.66. The van der Waals surface area contributed by atoms with Crippen LogP contribution in [0.5, 0.6) is 5.75 Å². The number of rotatable bonds is 6. The number of aromatic nitrogens is 2. The summed E-state index contributed by atoms with van der Waals surface area (Å²) in [4.78, 5) is 11.7. The summed E-state index contributed by atoms with van der Waals surface area (Å²) in [5.41, 5.74) is 2.20. The highest BCUT2D eigenvalue weighted by molar-refractivity contribution is 6.31. The number of hydrogen-bond acceptors (Lipinski definition) is 5. The molecular formula is C25H24ClN3O2. The molecule has 158 valence electrons. The van der Waals surface area contributed by atoms with E-state index in [0.717, 1.165) is 10.9 Å². The Hall–Kier alpha value is -3.15. The van der Waals surface area contributed by atoms with Crippen molar-refractivity contribution in [3.05, 3.63) is 83.4 Å². The van der Waals surface area contributed by atoms with Crippen molar-refractivity contribution < 1.29 is 10.2 Å². The number of halogens is 1. The summed E-state index contributed by atoms with van der Waals surface area (Å²) in [7, 11) is 0. The molecule has 3 aromatic carbocycles. The zero-order valence-corrected chi connectivity index (χ0v) is 18.2. The third-order valence-corrected chi connectivity index (χ3v) is 5.51. The summed E-state index contributed by atoms with van der Waals surface area (Å²) in [5.74, 6) is 1.18. The van der Waals surface area contributed by atoms with Crippen LogP contribution in [0.2, 0.25) is 5.02 Å². The molecular weight excluding hydrogens is 410 g/mol. The molecule has 0 bridgehead atoms. The number of phenols is 1. The van der Waals surface area contributed by atoms with Crippen LogP contribution in [0.1, 0.15) is 25.5 Å². The molecule has 6 heteroatoms. The summed E-state index contributed by atoms with van der Waals surface area (Å²) >= 11 is 6.27. The molecule has 0 aliphatic rings. The third kappa shape index (κ3) is 4.20. The van der Waals surface area contributed by atoms with E-state index in [-0.39, 0.29) is 24.4 Å². The van der Waals surface area contributed by atoms with Gasteiger partial charge in [0.05, 0.1) is 23.7 Å². The summed E-state index contributed by atoms with van der Waals surface area (Å²) in [6, 6.07) is 22.1. The smallest absolute Gasteiger partial charge is 0.165 e. The van der Waals surface area contributed by atoms with Crippen molar-refractivity contribution >= 4 is 28.3 Å². The van der Waals surface area contributed by atoms with Crippen molar-refractivity contribution in [2.24, 2.45) is 0 Å². The van der Waals surface area contributed by atoms with E-state index in [2.05, 4.69) is 23.7 Å². The van der Waals surface area contributed by atoms with E-state index in [9.17, 15) is 10.2 Å². The fourth-order valence-corrected chi connectivity index (χ4v) is 4.01. The van der Waals surface area contributed by atoms with Gasteiger partial charge in [-0.15, -0.1) is 0 Å². The van der Waals surface area contributed by atoms with Gasteiger partial charge in [0.2, 0.25) is 0 Å². The first kappa shape index (κ1) is 21.1. The van der Waals surface area contributed by atoms with Gasteiger partial charge in [-0.3, -0.25) is 0 Å². The van der Waals surface area contributed by atoms with Crippen LogP contribution < -0.4 is 4.90 Å². The Morgan fingerprint density at radius 1 is 0.935 bits per heavy atom. The van der Waals surface area contributed by atoms with Crippen molar-refractivity contribution in [1.82, 2.24) is 9.97 Å². The minimum absolute atomic E-state index is 0.0309. The van der Waals surface area contributed by atoms with Gasteiger partial charge in [-0.1, -0.05) is 54.1 Å². The first-order chi connectivity index (χ1) is 15.0. The zero-order chi connectivity index (χ0) is 22.0. The zero-order valence-electron chi connectivity index (χ0n) is 17.4. The molecule has 2 N–H and O–H groups in total. The second kappa shape index (κ2) is 8.92. The first-order valence-electron chi connectivity index (χ1n) is 10.2. The lowest BCUT2D eigenvalue weighted by Gasteiger charge is -2.36. The van der Waals surface area contributed by atoms with Crippen LogP contribution in [0.25, 0.3) is 22.3 Å². The number of aliphatic hydroxyl groups is 1. The first-order valence-corrected chi connectivity index (χ1v) is 10.6. The van der Waals surface area contributed by atoms with Crippen LogP contribution in [-0.4, -0.2) is 32.8 Å². The monoisotopic (exact) mass is 433 g/mol. The number of aliphatic hydroxyl groups excluding tert-OH is 1. The van der Waals surface area contributed by atoms with Crippen LogP contribution >= 0.6 is 11.6 Å². The maximum absolute atomic E-state index is 10.4. The normalized spacial score (nSPS) is 12.3. The molecule has 0 amide bonds. The van der Waals surface area contributed by atoms with Gasteiger partial charge in [-0.2, -0.15) is 0 Å². The van der Waals surface area contributed by atoms with Gasteiger partial charge >= 0.3 is 0 Å². The average molecular weight is 434 g/mol. The van der Waals surface area contributed by atoms with E-state index >= 15 is 0 Å². The summed E-state index contributed by atoms with van der Waals surface area (Å²) in [6.45, 7) is 4.05. The van der Waals surface area contributed by atoms with E-state index < -0.39 is 0 Å². The summed E-state index contributed by atoms with van der Waals surface area (Å²) < 4.78 is 0. The minimum Gasteiger partial charge on any atom is -0.507 e. The summed E-state index contributed by atoms with van der Waals surface area (Å²) in [6.07, 6.45) is 0. The fourth-order valence-electron chi connectivity index (χ4n) is 3.85. The van der Waals surface area contributed by atoms with Gasteiger partial charge in [0.25, 0.3) is 0 Å². The van der Waals surface area contributed by atoms with Crippen LogP contribution in [0, 0.1) is 0 Å². The molecule has 1 aromatic heterocycles. The van der Waals surface area contributed by atoms with Gasteiger partial charge < -0.3 is 15.1 Å². The third-order valence-electron chi connectivity index (χ3n) is 5.28. The number of phenolic OH excluding ortho intramolecular Hbond substituents is 1. The molecule has 5 nitrogen and oxygen atoms in total. The van der Waals surface area contributed by atoms with Gasteiger partial charge in [0, 0.05) is 16.5 Å². The van der Waals surface area contributed by atoms with Crippen LogP contribution in [-0.2, 0) is 0 Å². The van der Waals surface area contributed by atoms with Gasteiger partial charge in [-0.05, 0) is 49.7 Å². The number of benzene rings is 3. The second-order valence-corrected chi connectivity index (χ2v) is 8.10. The lowest BCUT2D eigenvalue weighted by Crippen LogP contribution is -2.37. The molecule has 0 aliphatic heterocycles. The highest BCUT2D eigenvalue weighted by atomic mass is 35.5. The van der Waals surface area contributed by atoms with Crippen LogP contribution in [0.15, 0.2) is 72.8 Å². The van der Waals surface area contributed by atoms with Crippen molar-refractivity contribution in [1.29, 1.82) is 0 Å². The van der Waals surface area contributed by atoms with E-state index in [1.54, 1.807) is 24.3 Å². The molecule has 1 heterocycles. The molecule has 0 saturated heterocycles. The van der Waals surface area contributed by atoms with Crippen molar-refractivity contribution in [3.63, 3.8) is 0 Å². The molecule has 4 aromatic rings. The number of fused-ring (bicyclic) bond motifs is 1. The Labute approximate surface area is 186 Å². The minimum atomic E-state index is -0.299. The van der Waals surface area contributed by atoms with E-state index in [1.165, 1.54) is 0 Å². The number of para-hydroxylation sites is 1. The quantitative estimate of drug-likeness (QED) is 0.414. The lowest BCUT2D eigenvalue weighted by atomic mass is 10.0. The number of hydrogen-bond donors (Lipinski definition) is 2. The van der Waals surface area contributed by atoms with Crippen molar-refractivity contribution in [2.75, 3.05) is 11.5 Å². The lowest BCUT2D eigenvalue weighted by molar-refractivity contribution is 0.256.